The number of rotatable bonds is 6. The number of aryl methyl sites for hydroxylation is 2. The summed E-state index contributed by atoms with van der Waals surface area (Å²) < 4.78 is 7.14. The lowest BCUT2D eigenvalue weighted by Gasteiger charge is -2.22. The van der Waals surface area contributed by atoms with Gasteiger partial charge in [0.05, 0.1) is 5.25 Å². The third kappa shape index (κ3) is 5.66. The summed E-state index contributed by atoms with van der Waals surface area (Å²) in [6.45, 7) is 11.9. The summed E-state index contributed by atoms with van der Waals surface area (Å²) in [4.78, 5) is 12.2. The van der Waals surface area contributed by atoms with Crippen LogP contribution < -0.4 is 15.9 Å². The Labute approximate surface area is 158 Å². The molecule has 0 radical (unpaired) electrons. The standard InChI is InChI=1S/C18H27N5O2S/c1-11-7-12(2)9-14(8-11)25-10-15-21-22-17(23(15)19)26-13(3)16(24)20-18(4,5)6/h7-9,13H,10,19H2,1-6H3,(H,20,24). The number of aromatic nitrogens is 3. The molecule has 7 nitrogen and oxygen atoms in total. The lowest BCUT2D eigenvalue weighted by molar-refractivity contribution is -0.121. The first-order valence-corrected chi connectivity index (χ1v) is 9.32. The molecule has 0 aliphatic carbocycles. The zero-order valence-corrected chi connectivity index (χ0v) is 17.0. The van der Waals surface area contributed by atoms with Gasteiger partial charge in [-0.25, -0.2) is 4.68 Å². The monoisotopic (exact) mass is 377 g/mol. The van der Waals surface area contributed by atoms with Crippen molar-refractivity contribution in [2.24, 2.45) is 0 Å². The number of thioether (sulfide) groups is 1. The van der Waals surface area contributed by atoms with E-state index in [9.17, 15) is 4.79 Å². The minimum absolute atomic E-state index is 0.0708. The number of nitrogens with one attached hydrogen (secondary N) is 1. The SMILES string of the molecule is Cc1cc(C)cc(OCc2nnc(SC(C)C(=O)NC(C)(C)C)n2N)c1. The molecule has 0 aliphatic heterocycles. The van der Waals surface area contributed by atoms with Crippen LogP contribution in [0, 0.1) is 13.8 Å². The second-order valence-corrected chi connectivity index (χ2v) is 8.69. The highest BCUT2D eigenvalue weighted by Gasteiger charge is 2.22. The van der Waals surface area contributed by atoms with Gasteiger partial charge in [-0.1, -0.05) is 17.8 Å². The summed E-state index contributed by atoms with van der Waals surface area (Å²) in [5.41, 5.74) is 1.97. The van der Waals surface area contributed by atoms with E-state index in [0.717, 1.165) is 16.9 Å². The van der Waals surface area contributed by atoms with Crippen molar-refractivity contribution in [2.75, 3.05) is 5.84 Å². The number of ether oxygens (including phenoxy) is 1. The molecule has 1 aromatic carbocycles. The number of nitrogen functional groups attached to an aromatic ring is 1. The Hall–Kier alpha value is -2.22. The van der Waals surface area contributed by atoms with Gasteiger partial charge in [-0.15, -0.1) is 10.2 Å². The lowest BCUT2D eigenvalue weighted by Crippen LogP contribution is -2.44. The van der Waals surface area contributed by atoms with Crippen molar-refractivity contribution >= 4 is 17.7 Å². The molecule has 0 bridgehead atoms. The molecule has 0 aliphatic rings. The first-order chi connectivity index (χ1) is 12.0. The number of benzene rings is 1. The largest absolute Gasteiger partial charge is 0.486 e. The van der Waals surface area contributed by atoms with Gasteiger partial charge < -0.3 is 15.9 Å². The fourth-order valence-corrected chi connectivity index (χ4v) is 3.12. The van der Waals surface area contributed by atoms with Crippen LogP contribution in [0.15, 0.2) is 23.4 Å². The van der Waals surface area contributed by atoms with E-state index in [1.54, 1.807) is 0 Å². The van der Waals surface area contributed by atoms with E-state index in [1.807, 2.05) is 53.7 Å². The smallest absolute Gasteiger partial charge is 0.233 e. The van der Waals surface area contributed by atoms with Crippen molar-refractivity contribution < 1.29 is 9.53 Å². The summed E-state index contributed by atoms with van der Waals surface area (Å²) >= 11 is 1.26. The molecule has 0 saturated carbocycles. The highest BCUT2D eigenvalue weighted by molar-refractivity contribution is 8.00. The highest BCUT2D eigenvalue weighted by atomic mass is 32.2. The molecule has 2 rings (SSSR count). The van der Waals surface area contributed by atoms with Crippen molar-refractivity contribution in [3.05, 3.63) is 35.2 Å². The Balaban J connectivity index is 1.99. The Morgan fingerprint density at radius 2 is 1.88 bits per heavy atom. The van der Waals surface area contributed by atoms with E-state index in [1.165, 1.54) is 16.4 Å². The zero-order valence-electron chi connectivity index (χ0n) is 16.2. The van der Waals surface area contributed by atoms with Gasteiger partial charge in [0.1, 0.15) is 12.4 Å². The van der Waals surface area contributed by atoms with Crippen LogP contribution in [-0.4, -0.2) is 31.6 Å². The number of hydrogen-bond donors (Lipinski definition) is 2. The Kier molecular flexibility index (Phi) is 6.17. The second kappa shape index (κ2) is 7.99. The van der Waals surface area contributed by atoms with E-state index in [2.05, 4.69) is 21.6 Å². The summed E-state index contributed by atoms with van der Waals surface area (Å²) in [6.07, 6.45) is 0. The molecule has 3 N–H and O–H groups in total. The molecule has 8 heteroatoms. The highest BCUT2D eigenvalue weighted by Crippen LogP contribution is 2.22. The number of nitrogens with two attached hydrogens (primary N) is 1. The summed E-state index contributed by atoms with van der Waals surface area (Å²) in [7, 11) is 0. The van der Waals surface area contributed by atoms with Gasteiger partial charge in [-0.3, -0.25) is 4.79 Å². The second-order valence-electron chi connectivity index (χ2n) is 7.38. The maximum Gasteiger partial charge on any atom is 0.233 e. The fraction of sp³-hybridized carbons (Fsp3) is 0.500. The molecule has 1 aromatic heterocycles. The topological polar surface area (TPSA) is 95.1 Å². The van der Waals surface area contributed by atoms with Crippen LogP contribution in [0.25, 0.3) is 0 Å². The third-order valence-electron chi connectivity index (χ3n) is 3.45. The number of hydrogen-bond acceptors (Lipinski definition) is 6. The third-order valence-corrected chi connectivity index (χ3v) is 4.50. The minimum Gasteiger partial charge on any atom is -0.486 e. The Morgan fingerprint density at radius 3 is 2.46 bits per heavy atom. The molecule has 1 atom stereocenters. The van der Waals surface area contributed by atoms with Crippen LogP contribution in [-0.2, 0) is 11.4 Å². The Morgan fingerprint density at radius 1 is 1.27 bits per heavy atom. The van der Waals surface area contributed by atoms with Gasteiger partial charge in [-0.05, 0) is 64.8 Å². The van der Waals surface area contributed by atoms with Crippen LogP contribution in [0.4, 0.5) is 0 Å². The predicted octanol–water partition coefficient (Wildman–Crippen LogP) is 2.58. The molecular formula is C18H27N5O2S. The molecule has 142 valence electrons. The van der Waals surface area contributed by atoms with Crippen molar-refractivity contribution in [3.63, 3.8) is 0 Å². The molecule has 1 unspecified atom stereocenters. The average Bonchev–Trinajstić information content (AvgIpc) is 2.83. The molecule has 26 heavy (non-hydrogen) atoms. The van der Waals surface area contributed by atoms with Crippen LogP contribution in [0.1, 0.15) is 44.6 Å². The van der Waals surface area contributed by atoms with Crippen LogP contribution in [0.3, 0.4) is 0 Å². The number of amides is 1. The van der Waals surface area contributed by atoms with Gasteiger partial charge >= 0.3 is 0 Å². The van der Waals surface area contributed by atoms with Crippen molar-refractivity contribution in [3.8, 4) is 5.75 Å². The molecule has 1 heterocycles. The van der Waals surface area contributed by atoms with Gasteiger partial charge in [0.15, 0.2) is 5.82 Å². The molecular weight excluding hydrogens is 350 g/mol. The molecule has 2 aromatic rings. The van der Waals surface area contributed by atoms with Crippen LogP contribution >= 0.6 is 11.8 Å². The zero-order chi connectivity index (χ0) is 19.5. The summed E-state index contributed by atoms with van der Waals surface area (Å²) in [6, 6.07) is 5.99. The summed E-state index contributed by atoms with van der Waals surface area (Å²) in [5.74, 6) is 7.25. The maximum atomic E-state index is 12.2. The minimum atomic E-state index is -0.339. The number of nitrogens with zero attached hydrogens (tertiary/aromatic N) is 3. The quantitative estimate of drug-likeness (QED) is 0.593. The Bertz CT molecular complexity index is 762. The van der Waals surface area contributed by atoms with Crippen molar-refractivity contribution in [1.29, 1.82) is 0 Å². The first kappa shape index (κ1) is 20.1. The molecule has 0 saturated heterocycles. The number of carbonyl (C=O) groups is 1. The summed E-state index contributed by atoms with van der Waals surface area (Å²) in [5, 5.41) is 11.2. The van der Waals surface area contributed by atoms with E-state index >= 15 is 0 Å². The van der Waals surface area contributed by atoms with Crippen molar-refractivity contribution in [1.82, 2.24) is 20.2 Å². The van der Waals surface area contributed by atoms with E-state index in [0.29, 0.717) is 11.0 Å². The normalized spacial score (nSPS) is 12.7. The van der Waals surface area contributed by atoms with Gasteiger partial charge in [0, 0.05) is 5.54 Å². The first-order valence-electron chi connectivity index (χ1n) is 8.44. The van der Waals surface area contributed by atoms with Crippen LogP contribution in [0.2, 0.25) is 0 Å². The van der Waals surface area contributed by atoms with E-state index < -0.39 is 0 Å². The molecule has 1 amide bonds. The van der Waals surface area contributed by atoms with Crippen LogP contribution in [0.5, 0.6) is 5.75 Å². The number of carbonyl (C=O) groups excluding carboxylic acids is 1. The maximum absolute atomic E-state index is 12.2. The fourth-order valence-electron chi connectivity index (χ4n) is 2.33. The predicted molar refractivity (Wildman–Crippen MR) is 104 cm³/mol. The van der Waals surface area contributed by atoms with E-state index in [-0.39, 0.29) is 23.3 Å². The lowest BCUT2D eigenvalue weighted by atomic mass is 10.1. The van der Waals surface area contributed by atoms with E-state index in [4.69, 9.17) is 10.6 Å². The van der Waals surface area contributed by atoms with Gasteiger partial charge in [-0.2, -0.15) is 0 Å². The average molecular weight is 378 g/mol. The molecule has 0 fully saturated rings. The van der Waals surface area contributed by atoms with Gasteiger partial charge in [0.25, 0.3) is 0 Å². The molecule has 0 spiro atoms. The van der Waals surface area contributed by atoms with Crippen molar-refractivity contribution in [2.45, 2.75) is 64.1 Å². The van der Waals surface area contributed by atoms with Gasteiger partial charge in [0.2, 0.25) is 11.1 Å².